The highest BCUT2D eigenvalue weighted by Gasteiger charge is 2.24. The summed E-state index contributed by atoms with van der Waals surface area (Å²) in [5, 5.41) is 13.6. The number of halogens is 3. The van der Waals surface area contributed by atoms with Gasteiger partial charge in [-0.25, -0.2) is 18.0 Å². The molecule has 19 heavy (non-hydrogen) atoms. The zero-order valence-electron chi connectivity index (χ0n) is 10.6. The fraction of sp³-hybridized carbons (Fsp3) is 0.417. The lowest BCUT2D eigenvalue weighted by atomic mass is 10.0. The van der Waals surface area contributed by atoms with Crippen LogP contribution in [0.5, 0.6) is 0 Å². The van der Waals surface area contributed by atoms with Crippen molar-refractivity contribution in [1.29, 1.82) is 0 Å². The topological polar surface area (TPSA) is 61.4 Å². The number of carbonyl (C=O) groups is 1. The average Bonchev–Trinajstić information content (AvgIpc) is 2.39. The smallest absolute Gasteiger partial charge is 0.319 e. The van der Waals surface area contributed by atoms with Crippen molar-refractivity contribution in [2.24, 2.45) is 0 Å². The van der Waals surface area contributed by atoms with Gasteiger partial charge in [0.25, 0.3) is 0 Å². The van der Waals surface area contributed by atoms with Crippen LogP contribution in [0.2, 0.25) is 0 Å². The van der Waals surface area contributed by atoms with Crippen molar-refractivity contribution < 1.29 is 23.1 Å². The van der Waals surface area contributed by atoms with Crippen LogP contribution < -0.4 is 10.6 Å². The molecular weight excluding hydrogens is 261 g/mol. The van der Waals surface area contributed by atoms with E-state index in [0.29, 0.717) is 12.5 Å². The van der Waals surface area contributed by atoms with Crippen LogP contribution in [-0.2, 0) is 0 Å². The molecule has 1 unspecified atom stereocenters. The minimum absolute atomic E-state index is 0.308. The zero-order valence-corrected chi connectivity index (χ0v) is 10.6. The first-order chi connectivity index (χ1) is 8.83. The number of anilines is 1. The number of rotatable bonds is 4. The average molecular weight is 276 g/mol. The number of hydrogen-bond donors (Lipinski definition) is 3. The summed E-state index contributed by atoms with van der Waals surface area (Å²) in [4.78, 5) is 11.6. The Kier molecular flexibility index (Phi) is 4.77. The first kappa shape index (κ1) is 15.3. The molecule has 1 aromatic rings. The molecule has 0 aliphatic heterocycles. The predicted molar refractivity (Wildman–Crippen MR) is 64.3 cm³/mol. The Morgan fingerprint density at radius 2 is 1.95 bits per heavy atom. The van der Waals surface area contributed by atoms with Gasteiger partial charge in [0.1, 0.15) is 0 Å². The molecule has 0 bridgehead atoms. The van der Waals surface area contributed by atoms with Crippen molar-refractivity contribution in [3.8, 4) is 0 Å². The second-order valence-corrected chi connectivity index (χ2v) is 4.37. The van der Waals surface area contributed by atoms with Gasteiger partial charge in [-0.1, -0.05) is 6.92 Å². The van der Waals surface area contributed by atoms with E-state index in [1.165, 1.54) is 0 Å². The third kappa shape index (κ3) is 3.60. The van der Waals surface area contributed by atoms with E-state index in [2.05, 4.69) is 10.6 Å². The molecule has 0 radical (unpaired) electrons. The van der Waals surface area contributed by atoms with Gasteiger partial charge in [0.2, 0.25) is 0 Å². The standard InChI is InChI=1S/C12H15F3N2O2/c1-3-12(2,6-18)17-11(19)16-8-5-4-7(13)9(14)10(8)15/h4-5,18H,3,6H2,1-2H3,(H2,16,17,19). The van der Waals surface area contributed by atoms with Crippen LogP contribution in [-0.4, -0.2) is 23.3 Å². The first-order valence-corrected chi connectivity index (χ1v) is 5.66. The van der Waals surface area contributed by atoms with Crippen molar-refractivity contribution in [2.75, 3.05) is 11.9 Å². The molecular formula is C12H15F3N2O2. The molecule has 0 aliphatic carbocycles. The second-order valence-electron chi connectivity index (χ2n) is 4.37. The third-order valence-corrected chi connectivity index (χ3v) is 2.83. The molecule has 2 amide bonds. The molecule has 1 rings (SSSR count). The monoisotopic (exact) mass is 276 g/mol. The molecule has 4 nitrogen and oxygen atoms in total. The maximum atomic E-state index is 13.3. The highest BCUT2D eigenvalue weighted by Crippen LogP contribution is 2.19. The number of carbonyl (C=O) groups excluding carboxylic acids is 1. The molecule has 0 saturated carbocycles. The summed E-state index contributed by atoms with van der Waals surface area (Å²) in [7, 11) is 0. The van der Waals surface area contributed by atoms with Gasteiger partial charge in [-0.05, 0) is 25.5 Å². The summed E-state index contributed by atoms with van der Waals surface area (Å²) < 4.78 is 39.0. The molecule has 3 N–H and O–H groups in total. The Hall–Kier alpha value is -1.76. The second kappa shape index (κ2) is 5.92. The van der Waals surface area contributed by atoms with Crippen LogP contribution in [0, 0.1) is 17.5 Å². The minimum Gasteiger partial charge on any atom is -0.394 e. The number of aliphatic hydroxyl groups is 1. The fourth-order valence-corrected chi connectivity index (χ4v) is 1.29. The van der Waals surface area contributed by atoms with E-state index in [4.69, 9.17) is 5.11 Å². The molecule has 106 valence electrons. The van der Waals surface area contributed by atoms with Gasteiger partial charge in [0, 0.05) is 0 Å². The molecule has 0 heterocycles. The van der Waals surface area contributed by atoms with E-state index < -0.39 is 34.7 Å². The molecule has 0 fully saturated rings. The van der Waals surface area contributed by atoms with Crippen molar-refractivity contribution in [3.05, 3.63) is 29.6 Å². The van der Waals surface area contributed by atoms with Crippen LogP contribution in [0.4, 0.5) is 23.7 Å². The molecule has 1 aromatic carbocycles. The summed E-state index contributed by atoms with van der Waals surface area (Å²) in [6, 6.07) is 0.803. The van der Waals surface area contributed by atoms with Crippen LogP contribution >= 0.6 is 0 Å². The lowest BCUT2D eigenvalue weighted by Crippen LogP contribution is -2.50. The number of aliphatic hydroxyl groups excluding tert-OH is 1. The Morgan fingerprint density at radius 1 is 1.32 bits per heavy atom. The Bertz CT molecular complexity index is 476. The summed E-state index contributed by atoms with van der Waals surface area (Å²) in [5.41, 5.74) is -1.35. The van der Waals surface area contributed by atoms with Crippen LogP contribution in [0.25, 0.3) is 0 Å². The van der Waals surface area contributed by atoms with Gasteiger partial charge in [-0.3, -0.25) is 0 Å². The van der Waals surface area contributed by atoms with E-state index in [1.54, 1.807) is 13.8 Å². The van der Waals surface area contributed by atoms with Crippen molar-refractivity contribution in [3.63, 3.8) is 0 Å². The summed E-state index contributed by atoms with van der Waals surface area (Å²) in [5.74, 6) is -4.47. The quantitative estimate of drug-likeness (QED) is 0.739. The summed E-state index contributed by atoms with van der Waals surface area (Å²) in [6.07, 6.45) is 0.442. The van der Waals surface area contributed by atoms with Crippen molar-refractivity contribution in [1.82, 2.24) is 5.32 Å². The van der Waals surface area contributed by atoms with E-state index in [1.807, 2.05) is 0 Å². The molecule has 0 aliphatic rings. The van der Waals surface area contributed by atoms with Gasteiger partial charge in [-0.2, -0.15) is 0 Å². The normalized spacial score (nSPS) is 13.8. The maximum absolute atomic E-state index is 13.3. The Labute approximate surface area is 108 Å². The number of amides is 2. The lowest BCUT2D eigenvalue weighted by molar-refractivity contribution is 0.172. The predicted octanol–water partition coefficient (Wildman–Crippen LogP) is 2.39. The number of nitrogens with one attached hydrogen (secondary N) is 2. The van der Waals surface area contributed by atoms with Crippen LogP contribution in [0.3, 0.4) is 0 Å². The lowest BCUT2D eigenvalue weighted by Gasteiger charge is -2.27. The Morgan fingerprint density at radius 3 is 2.47 bits per heavy atom. The molecule has 0 saturated heterocycles. The van der Waals surface area contributed by atoms with Gasteiger partial charge >= 0.3 is 6.03 Å². The maximum Gasteiger partial charge on any atom is 0.319 e. The molecule has 7 heteroatoms. The van der Waals surface area contributed by atoms with Gasteiger partial charge in [0.05, 0.1) is 17.8 Å². The van der Waals surface area contributed by atoms with Gasteiger partial charge in [-0.15, -0.1) is 0 Å². The largest absolute Gasteiger partial charge is 0.394 e. The van der Waals surface area contributed by atoms with E-state index >= 15 is 0 Å². The molecule has 0 spiro atoms. The summed E-state index contributed by atoms with van der Waals surface area (Å²) in [6.45, 7) is 3.03. The SMILES string of the molecule is CCC(C)(CO)NC(=O)Nc1ccc(F)c(F)c1F. The summed E-state index contributed by atoms with van der Waals surface area (Å²) >= 11 is 0. The van der Waals surface area contributed by atoms with E-state index in [0.717, 1.165) is 6.07 Å². The third-order valence-electron chi connectivity index (χ3n) is 2.83. The number of benzene rings is 1. The number of hydrogen-bond acceptors (Lipinski definition) is 2. The van der Waals surface area contributed by atoms with Crippen LogP contribution in [0.1, 0.15) is 20.3 Å². The van der Waals surface area contributed by atoms with Crippen molar-refractivity contribution in [2.45, 2.75) is 25.8 Å². The van der Waals surface area contributed by atoms with Crippen molar-refractivity contribution >= 4 is 11.7 Å². The van der Waals surface area contributed by atoms with E-state index in [-0.39, 0.29) is 6.61 Å². The molecule has 0 aromatic heterocycles. The van der Waals surface area contributed by atoms with Crippen LogP contribution in [0.15, 0.2) is 12.1 Å². The van der Waals surface area contributed by atoms with Gasteiger partial charge < -0.3 is 15.7 Å². The first-order valence-electron chi connectivity index (χ1n) is 5.66. The van der Waals surface area contributed by atoms with Gasteiger partial charge in [0.15, 0.2) is 17.5 Å². The highest BCUT2D eigenvalue weighted by molar-refractivity contribution is 5.89. The molecule has 1 atom stereocenters. The fourth-order valence-electron chi connectivity index (χ4n) is 1.29. The Balaban J connectivity index is 2.81. The minimum atomic E-state index is -1.65. The highest BCUT2D eigenvalue weighted by atomic mass is 19.2. The number of urea groups is 1. The zero-order chi connectivity index (χ0) is 14.6. The van der Waals surface area contributed by atoms with E-state index in [9.17, 15) is 18.0 Å².